The molecule has 2 heterocycles. The number of ether oxygens (including phenoxy) is 1. The summed E-state index contributed by atoms with van der Waals surface area (Å²) in [6, 6.07) is 1.48. The van der Waals surface area contributed by atoms with Gasteiger partial charge in [-0.05, 0) is 19.3 Å². The van der Waals surface area contributed by atoms with Gasteiger partial charge in [0.1, 0.15) is 5.82 Å². The van der Waals surface area contributed by atoms with E-state index in [1.54, 1.807) is 0 Å². The SMILES string of the molecule is CCCOC(=O)NC1CCN(c2cc(=O)n(C)c(=O)[nH]2)CC1. The molecule has 1 aliphatic rings. The van der Waals surface area contributed by atoms with E-state index in [9.17, 15) is 14.4 Å². The number of aromatic nitrogens is 2. The van der Waals surface area contributed by atoms with Crippen LogP contribution in [0, 0.1) is 0 Å². The first-order valence-corrected chi connectivity index (χ1v) is 7.50. The minimum atomic E-state index is -0.425. The molecule has 0 aliphatic carbocycles. The van der Waals surface area contributed by atoms with E-state index in [1.807, 2.05) is 11.8 Å². The summed E-state index contributed by atoms with van der Waals surface area (Å²) < 4.78 is 6.02. The second-order valence-corrected chi connectivity index (χ2v) is 5.40. The summed E-state index contributed by atoms with van der Waals surface area (Å²) in [5.74, 6) is 0.528. The van der Waals surface area contributed by atoms with Crippen molar-refractivity contribution in [1.82, 2.24) is 14.9 Å². The van der Waals surface area contributed by atoms with E-state index in [1.165, 1.54) is 13.1 Å². The highest BCUT2D eigenvalue weighted by Gasteiger charge is 2.22. The Hall–Kier alpha value is -2.25. The quantitative estimate of drug-likeness (QED) is 0.827. The number of rotatable bonds is 4. The molecule has 0 bridgehead atoms. The Bertz CT molecular complexity index is 597. The number of piperidine rings is 1. The molecule has 0 spiro atoms. The van der Waals surface area contributed by atoms with Crippen molar-refractivity contribution < 1.29 is 9.53 Å². The van der Waals surface area contributed by atoms with Crippen LogP contribution >= 0.6 is 0 Å². The lowest BCUT2D eigenvalue weighted by molar-refractivity contribution is 0.140. The summed E-state index contributed by atoms with van der Waals surface area (Å²) in [5, 5.41) is 2.83. The van der Waals surface area contributed by atoms with Gasteiger partial charge in [-0.3, -0.25) is 14.3 Å². The second-order valence-electron chi connectivity index (χ2n) is 5.40. The highest BCUT2D eigenvalue weighted by atomic mass is 16.5. The van der Waals surface area contributed by atoms with Gasteiger partial charge in [-0.1, -0.05) is 6.92 Å². The number of H-pyrrole nitrogens is 1. The van der Waals surface area contributed by atoms with Crippen molar-refractivity contribution in [3.8, 4) is 0 Å². The maximum absolute atomic E-state index is 11.7. The van der Waals surface area contributed by atoms with Gasteiger partial charge in [0.05, 0.1) is 6.61 Å². The van der Waals surface area contributed by atoms with Crippen LogP contribution in [0.3, 0.4) is 0 Å². The van der Waals surface area contributed by atoms with Crippen LogP contribution in [0.2, 0.25) is 0 Å². The lowest BCUT2D eigenvalue weighted by atomic mass is 10.1. The number of carbonyl (C=O) groups is 1. The third-order valence-electron chi connectivity index (χ3n) is 3.73. The fourth-order valence-corrected chi connectivity index (χ4v) is 2.38. The number of aromatic amines is 1. The van der Waals surface area contributed by atoms with Crippen molar-refractivity contribution >= 4 is 11.9 Å². The van der Waals surface area contributed by atoms with Gasteiger partial charge in [-0.25, -0.2) is 9.59 Å². The Kier molecular flexibility index (Phi) is 5.24. The number of anilines is 1. The topological polar surface area (TPSA) is 96.4 Å². The molecule has 1 fully saturated rings. The van der Waals surface area contributed by atoms with Crippen LogP contribution in [-0.4, -0.2) is 41.4 Å². The summed E-state index contributed by atoms with van der Waals surface area (Å²) in [5.41, 5.74) is -0.756. The maximum Gasteiger partial charge on any atom is 0.407 e. The van der Waals surface area contributed by atoms with Crippen molar-refractivity contribution in [2.45, 2.75) is 32.2 Å². The van der Waals surface area contributed by atoms with E-state index in [-0.39, 0.29) is 17.7 Å². The molecular weight excluding hydrogens is 288 g/mol. The average Bonchev–Trinajstić information content (AvgIpc) is 2.51. The molecule has 2 rings (SSSR count). The van der Waals surface area contributed by atoms with Gasteiger partial charge in [0.25, 0.3) is 5.56 Å². The molecule has 1 aromatic heterocycles. The summed E-state index contributed by atoms with van der Waals surface area (Å²) in [7, 11) is 1.43. The van der Waals surface area contributed by atoms with Gasteiger partial charge in [0.15, 0.2) is 0 Å². The van der Waals surface area contributed by atoms with E-state index in [4.69, 9.17) is 4.74 Å². The van der Waals surface area contributed by atoms with Crippen LogP contribution in [0.15, 0.2) is 15.7 Å². The first kappa shape index (κ1) is 16.1. The number of nitrogens with zero attached hydrogens (tertiary/aromatic N) is 2. The summed E-state index contributed by atoms with van der Waals surface area (Å²) >= 11 is 0. The van der Waals surface area contributed by atoms with Crippen molar-refractivity contribution in [1.29, 1.82) is 0 Å². The zero-order valence-corrected chi connectivity index (χ0v) is 12.9. The first-order valence-electron chi connectivity index (χ1n) is 7.50. The predicted octanol–water partition coefficient (Wildman–Crippen LogP) is 0.179. The standard InChI is InChI=1S/C14H22N4O4/c1-3-8-22-14(21)15-10-4-6-18(7-5-10)11-9-12(19)17(2)13(20)16-11/h9-10H,3-8H2,1-2H3,(H,15,21)(H,16,20). The Morgan fingerprint density at radius 3 is 2.68 bits per heavy atom. The Labute approximate surface area is 128 Å². The molecule has 0 unspecified atom stereocenters. The van der Waals surface area contributed by atoms with Crippen molar-refractivity contribution in [3.05, 3.63) is 26.9 Å². The molecule has 0 saturated carbocycles. The van der Waals surface area contributed by atoms with Crippen molar-refractivity contribution in [3.63, 3.8) is 0 Å². The molecule has 0 atom stereocenters. The van der Waals surface area contributed by atoms with E-state index in [0.717, 1.165) is 23.8 Å². The molecule has 8 nitrogen and oxygen atoms in total. The number of hydrogen-bond donors (Lipinski definition) is 2. The van der Waals surface area contributed by atoms with E-state index < -0.39 is 5.69 Å². The summed E-state index contributed by atoms with van der Waals surface area (Å²) in [4.78, 5) is 39.4. The summed E-state index contributed by atoms with van der Waals surface area (Å²) in [6.45, 7) is 3.67. The van der Waals surface area contributed by atoms with E-state index in [0.29, 0.717) is 25.5 Å². The second kappa shape index (κ2) is 7.15. The molecule has 1 saturated heterocycles. The van der Waals surface area contributed by atoms with Crippen molar-refractivity contribution in [2.75, 3.05) is 24.6 Å². The van der Waals surface area contributed by atoms with Crippen LogP contribution < -0.4 is 21.5 Å². The average molecular weight is 310 g/mol. The van der Waals surface area contributed by atoms with Crippen LogP contribution in [0.5, 0.6) is 0 Å². The fourth-order valence-electron chi connectivity index (χ4n) is 2.38. The molecule has 0 radical (unpaired) electrons. The molecule has 1 aromatic rings. The molecule has 1 amide bonds. The van der Waals surface area contributed by atoms with Gasteiger partial charge in [0.2, 0.25) is 0 Å². The molecule has 22 heavy (non-hydrogen) atoms. The van der Waals surface area contributed by atoms with Crippen LogP contribution in [-0.2, 0) is 11.8 Å². The lowest BCUT2D eigenvalue weighted by Crippen LogP contribution is -2.46. The normalized spacial score (nSPS) is 15.6. The predicted molar refractivity (Wildman–Crippen MR) is 82.3 cm³/mol. The smallest absolute Gasteiger partial charge is 0.407 e. The molecular formula is C14H22N4O4. The maximum atomic E-state index is 11.7. The minimum Gasteiger partial charge on any atom is -0.450 e. The van der Waals surface area contributed by atoms with Crippen molar-refractivity contribution in [2.24, 2.45) is 7.05 Å². The molecule has 122 valence electrons. The van der Waals surface area contributed by atoms with Gasteiger partial charge in [0, 0.05) is 32.2 Å². The highest BCUT2D eigenvalue weighted by molar-refractivity contribution is 5.67. The third kappa shape index (κ3) is 3.90. The molecule has 8 heteroatoms. The van der Waals surface area contributed by atoms with E-state index >= 15 is 0 Å². The molecule has 1 aliphatic heterocycles. The first-order chi connectivity index (χ1) is 10.5. The zero-order chi connectivity index (χ0) is 16.1. The number of amides is 1. The summed E-state index contributed by atoms with van der Waals surface area (Å²) in [6.07, 6.45) is 1.88. The third-order valence-corrected chi connectivity index (χ3v) is 3.73. The zero-order valence-electron chi connectivity index (χ0n) is 12.9. The van der Waals surface area contributed by atoms with Gasteiger partial charge in [-0.2, -0.15) is 0 Å². The number of carbonyl (C=O) groups excluding carboxylic acids is 1. The fraction of sp³-hybridized carbons (Fsp3) is 0.643. The number of alkyl carbamates (subject to hydrolysis) is 1. The van der Waals surface area contributed by atoms with Gasteiger partial charge < -0.3 is 15.0 Å². The van der Waals surface area contributed by atoms with Crippen LogP contribution in [0.25, 0.3) is 0 Å². The Morgan fingerprint density at radius 1 is 1.41 bits per heavy atom. The van der Waals surface area contributed by atoms with E-state index in [2.05, 4.69) is 10.3 Å². The minimum absolute atomic E-state index is 0.0545. The number of hydrogen-bond acceptors (Lipinski definition) is 5. The molecule has 2 N–H and O–H groups in total. The highest BCUT2D eigenvalue weighted by Crippen LogP contribution is 2.15. The lowest BCUT2D eigenvalue weighted by Gasteiger charge is -2.33. The molecule has 0 aromatic carbocycles. The number of nitrogens with one attached hydrogen (secondary N) is 2. The monoisotopic (exact) mass is 310 g/mol. The van der Waals surface area contributed by atoms with Gasteiger partial charge >= 0.3 is 11.8 Å². The van der Waals surface area contributed by atoms with Gasteiger partial charge in [-0.15, -0.1) is 0 Å². The Balaban J connectivity index is 1.91. The largest absolute Gasteiger partial charge is 0.450 e. The Morgan fingerprint density at radius 2 is 2.09 bits per heavy atom. The van der Waals surface area contributed by atoms with Crippen LogP contribution in [0.1, 0.15) is 26.2 Å². The van der Waals surface area contributed by atoms with Crippen LogP contribution in [0.4, 0.5) is 10.6 Å².